The molecule has 23 heavy (non-hydrogen) atoms. The Kier molecular flexibility index (Phi) is 4.80. The molecule has 0 unspecified atom stereocenters. The second-order valence-corrected chi connectivity index (χ2v) is 6.96. The van der Waals surface area contributed by atoms with Crippen LogP contribution in [0.1, 0.15) is 31.2 Å². The number of carbonyl (C=O) groups is 3. The van der Waals surface area contributed by atoms with E-state index in [0.29, 0.717) is 0 Å². The van der Waals surface area contributed by atoms with E-state index in [4.69, 9.17) is 4.74 Å². The fraction of sp³-hybridized carbons (Fsp3) is 0.471. The number of esters is 1. The summed E-state index contributed by atoms with van der Waals surface area (Å²) in [5.41, 5.74) is 0.856. The molecule has 1 aromatic rings. The minimum Gasteiger partial charge on any atom is -0.459 e. The number of carbonyl (C=O) groups excluding carboxylic acids is 3. The number of ether oxygens (including phenoxy) is 1. The minimum absolute atomic E-state index is 0.134. The van der Waals surface area contributed by atoms with Gasteiger partial charge in [0.25, 0.3) is 0 Å². The lowest BCUT2D eigenvalue weighted by molar-refractivity contribution is -0.153. The van der Waals surface area contributed by atoms with Crippen molar-refractivity contribution in [1.82, 2.24) is 4.90 Å². The smallest absolute Gasteiger partial charge is 0.326 e. The number of imide groups is 1. The van der Waals surface area contributed by atoms with Gasteiger partial charge in [0, 0.05) is 4.47 Å². The Hall–Kier alpha value is -1.69. The van der Waals surface area contributed by atoms with Gasteiger partial charge in [-0.2, -0.15) is 0 Å². The summed E-state index contributed by atoms with van der Waals surface area (Å²) in [6.45, 7) is -0.142. The summed E-state index contributed by atoms with van der Waals surface area (Å²) in [5.74, 6) is -1.42. The number of hydrogen-bond donors (Lipinski definition) is 0. The van der Waals surface area contributed by atoms with Gasteiger partial charge >= 0.3 is 5.97 Å². The van der Waals surface area contributed by atoms with Crippen molar-refractivity contribution in [1.29, 1.82) is 0 Å². The number of nitrogens with zero attached hydrogens (tertiary/aromatic N) is 1. The maximum atomic E-state index is 12.3. The van der Waals surface area contributed by atoms with Gasteiger partial charge in [-0.3, -0.25) is 19.3 Å². The Morgan fingerprint density at radius 3 is 2.22 bits per heavy atom. The van der Waals surface area contributed by atoms with Gasteiger partial charge in [0.1, 0.15) is 13.2 Å². The van der Waals surface area contributed by atoms with Crippen LogP contribution in [-0.4, -0.2) is 29.2 Å². The molecule has 0 aromatic heterocycles. The first-order valence-corrected chi connectivity index (χ1v) is 8.61. The first-order chi connectivity index (χ1) is 11.1. The lowest BCUT2D eigenvalue weighted by atomic mass is 9.81. The summed E-state index contributed by atoms with van der Waals surface area (Å²) in [6, 6.07) is 7.42. The van der Waals surface area contributed by atoms with Gasteiger partial charge < -0.3 is 4.74 Å². The third-order valence-corrected chi connectivity index (χ3v) is 5.06. The average molecular weight is 380 g/mol. The molecule has 3 rings (SSSR count). The lowest BCUT2D eigenvalue weighted by Crippen LogP contribution is -2.36. The maximum Gasteiger partial charge on any atom is 0.326 e. The highest BCUT2D eigenvalue weighted by Crippen LogP contribution is 2.37. The van der Waals surface area contributed by atoms with Crippen LogP contribution in [-0.2, 0) is 25.7 Å². The zero-order valence-electron chi connectivity index (χ0n) is 12.7. The molecule has 1 heterocycles. The molecule has 0 bridgehead atoms. The second-order valence-electron chi connectivity index (χ2n) is 6.05. The molecule has 1 aliphatic heterocycles. The van der Waals surface area contributed by atoms with Crippen LogP contribution < -0.4 is 0 Å². The molecule has 0 radical (unpaired) electrons. The van der Waals surface area contributed by atoms with E-state index in [9.17, 15) is 14.4 Å². The predicted octanol–water partition coefficient (Wildman–Crippen LogP) is 2.67. The van der Waals surface area contributed by atoms with Crippen LogP contribution in [0.15, 0.2) is 28.7 Å². The number of hydrogen-bond acceptors (Lipinski definition) is 4. The molecule has 2 amide bonds. The van der Waals surface area contributed by atoms with Crippen molar-refractivity contribution in [3.05, 3.63) is 34.3 Å². The monoisotopic (exact) mass is 379 g/mol. The third-order valence-electron chi connectivity index (χ3n) is 4.53. The first-order valence-electron chi connectivity index (χ1n) is 7.81. The molecule has 5 nitrogen and oxygen atoms in total. The highest BCUT2D eigenvalue weighted by atomic mass is 79.9. The molecule has 122 valence electrons. The number of fused-ring (bicyclic) bond motifs is 1. The summed E-state index contributed by atoms with van der Waals surface area (Å²) < 4.78 is 6.13. The lowest BCUT2D eigenvalue weighted by Gasteiger charge is -2.19. The van der Waals surface area contributed by atoms with Gasteiger partial charge in [0.2, 0.25) is 11.8 Å². The highest BCUT2D eigenvalue weighted by molar-refractivity contribution is 9.10. The van der Waals surface area contributed by atoms with E-state index >= 15 is 0 Å². The molecule has 0 N–H and O–H groups in total. The molecule has 1 saturated heterocycles. The molecule has 2 atom stereocenters. The number of halogens is 1. The number of amides is 2. The fourth-order valence-corrected chi connectivity index (χ4v) is 3.57. The minimum atomic E-state index is -0.548. The normalized spacial score (nSPS) is 23.8. The quantitative estimate of drug-likeness (QED) is 0.595. The van der Waals surface area contributed by atoms with Crippen LogP contribution in [0.3, 0.4) is 0 Å². The van der Waals surface area contributed by atoms with Gasteiger partial charge in [-0.15, -0.1) is 0 Å². The van der Waals surface area contributed by atoms with Gasteiger partial charge in [-0.25, -0.2) is 0 Å². The molecule has 1 aliphatic carbocycles. The SMILES string of the molecule is O=C(CN1C(=O)[C@H]2CCCC[C@@H]2C1=O)OCc1ccc(Br)cc1. The van der Waals surface area contributed by atoms with Crippen molar-refractivity contribution in [2.75, 3.05) is 6.54 Å². The van der Waals surface area contributed by atoms with E-state index in [0.717, 1.165) is 40.6 Å². The zero-order chi connectivity index (χ0) is 16.4. The van der Waals surface area contributed by atoms with Crippen LogP contribution >= 0.6 is 15.9 Å². The largest absolute Gasteiger partial charge is 0.459 e. The van der Waals surface area contributed by atoms with Gasteiger partial charge in [0.05, 0.1) is 11.8 Å². The molecule has 1 saturated carbocycles. The van der Waals surface area contributed by atoms with E-state index in [1.807, 2.05) is 24.3 Å². The van der Waals surface area contributed by atoms with Crippen LogP contribution in [0, 0.1) is 11.8 Å². The molecular formula is C17H18BrNO4. The second kappa shape index (κ2) is 6.83. The molecule has 6 heteroatoms. The van der Waals surface area contributed by atoms with E-state index in [-0.39, 0.29) is 36.8 Å². The van der Waals surface area contributed by atoms with Crippen LogP contribution in [0.2, 0.25) is 0 Å². The van der Waals surface area contributed by atoms with Crippen molar-refractivity contribution in [3.8, 4) is 0 Å². The topological polar surface area (TPSA) is 63.7 Å². The Labute approximate surface area is 143 Å². The van der Waals surface area contributed by atoms with E-state index in [2.05, 4.69) is 15.9 Å². The van der Waals surface area contributed by atoms with E-state index in [1.165, 1.54) is 0 Å². The van der Waals surface area contributed by atoms with Crippen molar-refractivity contribution >= 4 is 33.7 Å². The Morgan fingerprint density at radius 1 is 1.09 bits per heavy atom. The summed E-state index contributed by atoms with van der Waals surface area (Å²) in [4.78, 5) is 37.6. The van der Waals surface area contributed by atoms with Crippen molar-refractivity contribution < 1.29 is 19.1 Å². The third kappa shape index (κ3) is 3.47. The fourth-order valence-electron chi connectivity index (χ4n) is 3.31. The van der Waals surface area contributed by atoms with Gasteiger partial charge in [-0.1, -0.05) is 40.9 Å². The van der Waals surface area contributed by atoms with Gasteiger partial charge in [0.15, 0.2) is 0 Å². The summed E-state index contributed by atoms with van der Waals surface area (Å²) in [6.07, 6.45) is 3.45. The van der Waals surface area contributed by atoms with Crippen molar-refractivity contribution in [2.45, 2.75) is 32.3 Å². The number of rotatable bonds is 4. The van der Waals surface area contributed by atoms with Crippen molar-refractivity contribution in [3.63, 3.8) is 0 Å². The summed E-state index contributed by atoms with van der Waals surface area (Å²) in [7, 11) is 0. The molecule has 2 aliphatic rings. The molecule has 0 spiro atoms. The maximum absolute atomic E-state index is 12.3. The van der Waals surface area contributed by atoms with Crippen LogP contribution in [0.4, 0.5) is 0 Å². The predicted molar refractivity (Wildman–Crippen MR) is 86.1 cm³/mol. The van der Waals surface area contributed by atoms with Gasteiger partial charge in [-0.05, 0) is 30.5 Å². The molecular weight excluding hydrogens is 362 g/mol. The molecule has 2 fully saturated rings. The molecule has 1 aromatic carbocycles. The van der Waals surface area contributed by atoms with Crippen molar-refractivity contribution in [2.24, 2.45) is 11.8 Å². The number of likely N-dealkylation sites (tertiary alicyclic amines) is 1. The Bertz CT molecular complexity index is 604. The standard InChI is InChI=1S/C17H18BrNO4/c18-12-7-5-11(6-8-12)10-23-15(20)9-19-16(21)13-3-1-2-4-14(13)17(19)22/h5-8,13-14H,1-4,9-10H2/t13-,14-/m0/s1. The Balaban J connectivity index is 1.56. The van der Waals surface area contributed by atoms with Crippen LogP contribution in [0.25, 0.3) is 0 Å². The highest BCUT2D eigenvalue weighted by Gasteiger charge is 2.48. The zero-order valence-corrected chi connectivity index (χ0v) is 14.3. The van der Waals surface area contributed by atoms with Crippen LogP contribution in [0.5, 0.6) is 0 Å². The average Bonchev–Trinajstić information content (AvgIpc) is 2.80. The Morgan fingerprint density at radius 2 is 1.65 bits per heavy atom. The summed E-state index contributed by atoms with van der Waals surface area (Å²) >= 11 is 3.34. The van der Waals surface area contributed by atoms with E-state index in [1.54, 1.807) is 0 Å². The number of benzene rings is 1. The summed E-state index contributed by atoms with van der Waals surface area (Å²) in [5, 5.41) is 0. The van der Waals surface area contributed by atoms with E-state index < -0.39 is 5.97 Å². The first kappa shape index (κ1) is 16.2.